The van der Waals surface area contributed by atoms with E-state index in [0.717, 1.165) is 17.7 Å². The maximum Gasteiger partial charge on any atom is 0.269 e. The summed E-state index contributed by atoms with van der Waals surface area (Å²) in [5.41, 5.74) is 1.10. The van der Waals surface area contributed by atoms with Crippen molar-refractivity contribution >= 4 is 5.69 Å². The number of hydrogen-bond donors (Lipinski definition) is 0. The molecule has 0 unspecified atom stereocenters. The van der Waals surface area contributed by atoms with Crippen LogP contribution in [0, 0.1) is 16.0 Å². The second-order valence-electron chi connectivity index (χ2n) is 3.90. The number of rotatable bonds is 4. The lowest BCUT2D eigenvalue weighted by Crippen LogP contribution is -1.96. The lowest BCUT2D eigenvalue weighted by Gasteiger charge is -2.07. The predicted octanol–water partition coefficient (Wildman–Crippen LogP) is 2.56. The van der Waals surface area contributed by atoms with Crippen LogP contribution in [-0.4, -0.2) is 12.0 Å². The van der Waals surface area contributed by atoms with E-state index < -0.39 is 0 Å². The Morgan fingerprint density at radius 2 is 2.27 bits per heavy atom. The van der Waals surface area contributed by atoms with E-state index in [-0.39, 0.29) is 10.6 Å². The molecule has 0 saturated heterocycles. The van der Waals surface area contributed by atoms with Gasteiger partial charge < -0.3 is 4.74 Å². The summed E-state index contributed by atoms with van der Waals surface area (Å²) >= 11 is 0. The van der Waals surface area contributed by atoms with Crippen molar-refractivity contribution in [2.45, 2.75) is 19.3 Å². The van der Waals surface area contributed by atoms with Crippen molar-refractivity contribution in [1.29, 1.82) is 0 Å². The Balaban J connectivity index is 2.28. The molecule has 1 fully saturated rings. The molecule has 80 valence electrons. The number of benzene rings is 1. The molecular weight excluding hydrogens is 194 g/mol. The Morgan fingerprint density at radius 3 is 2.80 bits per heavy atom. The Bertz CT molecular complexity index is 385. The van der Waals surface area contributed by atoms with Crippen LogP contribution in [0.25, 0.3) is 0 Å². The Kier molecular flexibility index (Phi) is 2.58. The summed E-state index contributed by atoms with van der Waals surface area (Å²) in [6, 6.07) is 4.78. The molecule has 0 spiro atoms. The molecule has 0 radical (unpaired) electrons. The van der Waals surface area contributed by atoms with Crippen LogP contribution in [0.1, 0.15) is 18.4 Å². The summed E-state index contributed by atoms with van der Waals surface area (Å²) in [7, 11) is 1.59. The average molecular weight is 207 g/mol. The highest BCUT2D eigenvalue weighted by Crippen LogP contribution is 2.36. The van der Waals surface area contributed by atoms with Gasteiger partial charge in [0.25, 0.3) is 5.69 Å². The first-order valence-electron chi connectivity index (χ1n) is 5.02. The molecule has 15 heavy (non-hydrogen) atoms. The van der Waals surface area contributed by atoms with Crippen LogP contribution in [0.4, 0.5) is 5.69 Å². The monoisotopic (exact) mass is 207 g/mol. The fourth-order valence-corrected chi connectivity index (χ4v) is 1.67. The van der Waals surface area contributed by atoms with Crippen LogP contribution in [-0.2, 0) is 6.42 Å². The zero-order chi connectivity index (χ0) is 10.8. The van der Waals surface area contributed by atoms with Crippen LogP contribution in [0.3, 0.4) is 0 Å². The molecule has 0 amide bonds. The van der Waals surface area contributed by atoms with E-state index >= 15 is 0 Å². The second-order valence-corrected chi connectivity index (χ2v) is 3.90. The molecule has 0 aromatic heterocycles. The highest BCUT2D eigenvalue weighted by Gasteiger charge is 2.24. The molecule has 1 aromatic rings. The molecule has 0 atom stereocenters. The molecule has 0 bridgehead atoms. The third-order valence-corrected chi connectivity index (χ3v) is 2.68. The largest absolute Gasteiger partial charge is 0.496 e. The van der Waals surface area contributed by atoms with Gasteiger partial charge in [-0.25, -0.2) is 0 Å². The van der Waals surface area contributed by atoms with Gasteiger partial charge in [0.2, 0.25) is 0 Å². The topological polar surface area (TPSA) is 52.4 Å². The van der Waals surface area contributed by atoms with Crippen molar-refractivity contribution in [3.8, 4) is 5.75 Å². The number of nitrogens with zero attached hydrogens (tertiary/aromatic N) is 1. The second kappa shape index (κ2) is 3.88. The van der Waals surface area contributed by atoms with E-state index in [2.05, 4.69) is 0 Å². The van der Waals surface area contributed by atoms with E-state index in [1.54, 1.807) is 19.2 Å². The SMILES string of the molecule is COc1ccc([N+](=O)[O-])cc1CC1CC1. The minimum Gasteiger partial charge on any atom is -0.496 e. The summed E-state index contributed by atoms with van der Waals surface area (Å²) in [5.74, 6) is 1.45. The zero-order valence-electron chi connectivity index (χ0n) is 8.60. The first-order chi connectivity index (χ1) is 7.20. The summed E-state index contributed by atoms with van der Waals surface area (Å²) in [4.78, 5) is 10.3. The third-order valence-electron chi connectivity index (χ3n) is 2.68. The number of nitro groups is 1. The maximum absolute atomic E-state index is 10.6. The van der Waals surface area contributed by atoms with Crippen molar-refractivity contribution in [1.82, 2.24) is 0 Å². The highest BCUT2D eigenvalue weighted by molar-refractivity contribution is 5.44. The van der Waals surface area contributed by atoms with Crippen molar-refractivity contribution in [3.05, 3.63) is 33.9 Å². The highest BCUT2D eigenvalue weighted by atomic mass is 16.6. The molecule has 1 aliphatic rings. The van der Waals surface area contributed by atoms with Gasteiger partial charge in [-0.05, 0) is 31.2 Å². The van der Waals surface area contributed by atoms with Crippen molar-refractivity contribution < 1.29 is 9.66 Å². The minimum absolute atomic E-state index is 0.145. The molecular formula is C11H13NO3. The van der Waals surface area contributed by atoms with Gasteiger partial charge in [-0.15, -0.1) is 0 Å². The van der Waals surface area contributed by atoms with Crippen LogP contribution in [0.15, 0.2) is 18.2 Å². The Labute approximate surface area is 88.0 Å². The molecule has 4 nitrogen and oxygen atoms in total. The van der Waals surface area contributed by atoms with Gasteiger partial charge in [0.1, 0.15) is 5.75 Å². The molecule has 0 heterocycles. The number of nitro benzene ring substituents is 1. The van der Waals surface area contributed by atoms with E-state index in [1.807, 2.05) is 0 Å². The fourth-order valence-electron chi connectivity index (χ4n) is 1.67. The first kappa shape index (κ1) is 9.96. The third kappa shape index (κ3) is 2.26. The first-order valence-corrected chi connectivity index (χ1v) is 5.02. The summed E-state index contributed by atoms with van der Waals surface area (Å²) < 4.78 is 5.19. The predicted molar refractivity (Wildman–Crippen MR) is 56.1 cm³/mol. The molecule has 1 saturated carbocycles. The lowest BCUT2D eigenvalue weighted by atomic mass is 10.1. The van der Waals surface area contributed by atoms with E-state index in [0.29, 0.717) is 5.92 Å². The number of hydrogen-bond acceptors (Lipinski definition) is 3. The van der Waals surface area contributed by atoms with Crippen LogP contribution >= 0.6 is 0 Å². The average Bonchev–Trinajstić information content (AvgIpc) is 3.01. The molecule has 0 N–H and O–H groups in total. The lowest BCUT2D eigenvalue weighted by molar-refractivity contribution is -0.384. The number of ether oxygens (including phenoxy) is 1. The number of methoxy groups -OCH3 is 1. The Morgan fingerprint density at radius 1 is 1.53 bits per heavy atom. The zero-order valence-corrected chi connectivity index (χ0v) is 8.60. The van der Waals surface area contributed by atoms with Gasteiger partial charge >= 0.3 is 0 Å². The number of non-ortho nitro benzene ring substituents is 1. The van der Waals surface area contributed by atoms with Gasteiger partial charge in [0.05, 0.1) is 12.0 Å². The maximum atomic E-state index is 10.6. The van der Waals surface area contributed by atoms with Gasteiger partial charge in [-0.2, -0.15) is 0 Å². The normalized spacial score (nSPS) is 15.0. The van der Waals surface area contributed by atoms with E-state index in [4.69, 9.17) is 4.74 Å². The van der Waals surface area contributed by atoms with Gasteiger partial charge in [0.15, 0.2) is 0 Å². The van der Waals surface area contributed by atoms with Gasteiger partial charge in [-0.3, -0.25) is 10.1 Å². The summed E-state index contributed by atoms with van der Waals surface area (Å²) in [6.07, 6.45) is 3.35. The molecule has 1 aromatic carbocycles. The standard InChI is InChI=1S/C11H13NO3/c1-15-11-5-4-10(12(13)14)7-9(11)6-8-2-3-8/h4-5,7-8H,2-3,6H2,1H3. The van der Waals surface area contributed by atoms with Crippen LogP contribution in [0.5, 0.6) is 5.75 Å². The molecule has 4 heteroatoms. The molecule has 2 rings (SSSR count). The van der Waals surface area contributed by atoms with Crippen LogP contribution in [0.2, 0.25) is 0 Å². The van der Waals surface area contributed by atoms with E-state index in [9.17, 15) is 10.1 Å². The minimum atomic E-state index is -0.365. The summed E-state index contributed by atoms with van der Waals surface area (Å²) in [6.45, 7) is 0. The van der Waals surface area contributed by atoms with Gasteiger partial charge in [0, 0.05) is 17.7 Å². The van der Waals surface area contributed by atoms with Crippen molar-refractivity contribution in [3.63, 3.8) is 0 Å². The molecule has 0 aliphatic heterocycles. The van der Waals surface area contributed by atoms with Crippen LogP contribution < -0.4 is 4.74 Å². The Hall–Kier alpha value is -1.58. The fraction of sp³-hybridized carbons (Fsp3) is 0.455. The summed E-state index contributed by atoms with van der Waals surface area (Å²) in [5, 5.41) is 10.6. The van der Waals surface area contributed by atoms with E-state index in [1.165, 1.54) is 18.9 Å². The molecule has 1 aliphatic carbocycles. The van der Waals surface area contributed by atoms with Crippen molar-refractivity contribution in [2.24, 2.45) is 5.92 Å². The van der Waals surface area contributed by atoms with Crippen molar-refractivity contribution in [2.75, 3.05) is 7.11 Å². The quantitative estimate of drug-likeness (QED) is 0.563. The van der Waals surface area contributed by atoms with Gasteiger partial charge in [-0.1, -0.05) is 0 Å². The smallest absolute Gasteiger partial charge is 0.269 e.